The van der Waals surface area contributed by atoms with Gasteiger partial charge in [-0.25, -0.2) is 0 Å². The molecule has 1 heterocycles. The van der Waals surface area contributed by atoms with Crippen LogP contribution in [0.2, 0.25) is 0 Å². The van der Waals surface area contributed by atoms with Crippen molar-refractivity contribution in [3.63, 3.8) is 0 Å². The Balaban J connectivity index is 1.49. The Morgan fingerprint density at radius 1 is 0.857 bits per heavy atom. The number of nitrogens with one attached hydrogen (secondary N) is 1. The second-order valence-electron chi connectivity index (χ2n) is 7.10. The molecule has 0 bridgehead atoms. The molecule has 2 unspecified atom stereocenters. The Bertz CT molecular complexity index is 992. The molecule has 0 radical (unpaired) electrons. The van der Waals surface area contributed by atoms with Gasteiger partial charge in [-0.15, -0.1) is 11.3 Å². The van der Waals surface area contributed by atoms with E-state index in [2.05, 4.69) is 103 Å². The minimum atomic E-state index is 0.0316. The molecule has 3 heteroatoms. The predicted molar refractivity (Wildman–Crippen MR) is 119 cm³/mol. The topological polar surface area (TPSA) is 21.3 Å². The van der Waals surface area contributed by atoms with Gasteiger partial charge in [-0.2, -0.15) is 0 Å². The highest BCUT2D eigenvalue weighted by atomic mass is 32.1. The van der Waals surface area contributed by atoms with E-state index in [0.717, 1.165) is 24.1 Å². The number of ether oxygens (including phenoxy) is 1. The fourth-order valence-electron chi connectivity index (χ4n) is 3.44. The van der Waals surface area contributed by atoms with Crippen molar-refractivity contribution in [3.05, 3.63) is 101 Å². The Hall–Kier alpha value is -2.62. The normalized spacial score (nSPS) is 13.3. The van der Waals surface area contributed by atoms with Crippen molar-refractivity contribution >= 4 is 22.1 Å². The first kappa shape index (κ1) is 18.7. The minimum absolute atomic E-state index is 0.0316. The third-order valence-corrected chi connectivity index (χ3v) is 5.91. The van der Waals surface area contributed by atoms with Crippen molar-refractivity contribution in [2.75, 3.05) is 0 Å². The molecule has 142 valence electrons. The maximum atomic E-state index is 6.57. The Kier molecular flexibility index (Phi) is 6.05. The molecule has 0 aliphatic heterocycles. The Morgan fingerprint density at radius 2 is 1.64 bits per heavy atom. The summed E-state index contributed by atoms with van der Waals surface area (Å²) in [5.74, 6) is 0.951. The van der Waals surface area contributed by atoms with Crippen molar-refractivity contribution in [2.45, 2.75) is 32.0 Å². The van der Waals surface area contributed by atoms with E-state index in [1.165, 1.54) is 15.8 Å². The standard InChI is InChI=1S/C25H25NOS/c1-19(26-18-20-9-3-2-4-10-20)17-24(25-15-8-16-28-25)27-23-14-7-12-21-11-5-6-13-22(21)23/h2-16,19,24,26H,17-18H2,1H3. The summed E-state index contributed by atoms with van der Waals surface area (Å²) in [4.78, 5) is 1.27. The lowest BCUT2D eigenvalue weighted by atomic mass is 10.1. The van der Waals surface area contributed by atoms with E-state index in [0.29, 0.717) is 6.04 Å². The molecule has 0 amide bonds. The third-order valence-electron chi connectivity index (χ3n) is 4.94. The average molecular weight is 388 g/mol. The number of fused-ring (bicyclic) bond motifs is 1. The monoisotopic (exact) mass is 387 g/mol. The summed E-state index contributed by atoms with van der Waals surface area (Å²) in [5.41, 5.74) is 1.30. The zero-order valence-corrected chi connectivity index (χ0v) is 16.9. The quantitative estimate of drug-likeness (QED) is 0.368. The molecule has 0 aliphatic rings. The van der Waals surface area contributed by atoms with Crippen LogP contribution in [-0.2, 0) is 6.54 Å². The van der Waals surface area contributed by atoms with E-state index in [4.69, 9.17) is 4.74 Å². The molecule has 0 fully saturated rings. The highest BCUT2D eigenvalue weighted by molar-refractivity contribution is 7.10. The smallest absolute Gasteiger partial charge is 0.134 e. The van der Waals surface area contributed by atoms with Crippen LogP contribution in [0.25, 0.3) is 10.8 Å². The molecule has 0 aliphatic carbocycles. The molecule has 1 aromatic heterocycles. The number of hydrogen-bond donors (Lipinski definition) is 1. The predicted octanol–water partition coefficient (Wildman–Crippen LogP) is 6.59. The van der Waals surface area contributed by atoms with Crippen LogP contribution in [-0.4, -0.2) is 6.04 Å². The van der Waals surface area contributed by atoms with E-state index in [1.807, 2.05) is 0 Å². The van der Waals surface area contributed by atoms with Gasteiger partial charge in [0.25, 0.3) is 0 Å². The van der Waals surface area contributed by atoms with Gasteiger partial charge < -0.3 is 10.1 Å². The molecule has 1 N–H and O–H groups in total. The van der Waals surface area contributed by atoms with Gasteiger partial charge in [0.2, 0.25) is 0 Å². The minimum Gasteiger partial charge on any atom is -0.484 e. The first-order chi connectivity index (χ1) is 13.8. The first-order valence-corrected chi connectivity index (χ1v) is 10.6. The van der Waals surface area contributed by atoms with Crippen LogP contribution in [0, 0.1) is 0 Å². The molecular weight excluding hydrogens is 362 g/mol. The van der Waals surface area contributed by atoms with Crippen LogP contribution < -0.4 is 10.1 Å². The summed E-state index contributed by atoms with van der Waals surface area (Å²) < 4.78 is 6.57. The van der Waals surface area contributed by atoms with Crippen LogP contribution in [0.15, 0.2) is 90.3 Å². The van der Waals surface area contributed by atoms with Crippen molar-refractivity contribution < 1.29 is 4.74 Å². The fraction of sp³-hybridized carbons (Fsp3) is 0.200. The summed E-state index contributed by atoms with van der Waals surface area (Å²) in [6.45, 7) is 3.10. The van der Waals surface area contributed by atoms with Gasteiger partial charge in [-0.05, 0) is 35.4 Å². The highest BCUT2D eigenvalue weighted by Gasteiger charge is 2.19. The van der Waals surface area contributed by atoms with Crippen molar-refractivity contribution in [1.29, 1.82) is 0 Å². The zero-order chi connectivity index (χ0) is 19.2. The molecule has 2 atom stereocenters. The van der Waals surface area contributed by atoms with E-state index < -0.39 is 0 Å². The molecular formula is C25H25NOS. The van der Waals surface area contributed by atoms with Crippen molar-refractivity contribution in [1.82, 2.24) is 5.32 Å². The second kappa shape index (κ2) is 9.05. The van der Waals surface area contributed by atoms with E-state index >= 15 is 0 Å². The molecule has 4 aromatic rings. The van der Waals surface area contributed by atoms with Gasteiger partial charge in [0, 0.05) is 29.3 Å². The molecule has 2 nitrogen and oxygen atoms in total. The first-order valence-electron chi connectivity index (χ1n) is 9.75. The summed E-state index contributed by atoms with van der Waals surface area (Å²) >= 11 is 1.76. The third kappa shape index (κ3) is 4.61. The Labute approximate surface area is 170 Å². The van der Waals surface area contributed by atoms with Gasteiger partial charge >= 0.3 is 0 Å². The van der Waals surface area contributed by atoms with E-state index in [1.54, 1.807) is 11.3 Å². The lowest BCUT2D eigenvalue weighted by molar-refractivity contribution is 0.186. The largest absolute Gasteiger partial charge is 0.484 e. The molecule has 0 spiro atoms. The van der Waals surface area contributed by atoms with Gasteiger partial charge in [-0.3, -0.25) is 0 Å². The average Bonchev–Trinajstić information content (AvgIpc) is 3.28. The van der Waals surface area contributed by atoms with Crippen LogP contribution in [0.3, 0.4) is 0 Å². The van der Waals surface area contributed by atoms with Crippen LogP contribution >= 0.6 is 11.3 Å². The fourth-order valence-corrected chi connectivity index (χ4v) is 4.21. The maximum absolute atomic E-state index is 6.57. The summed E-state index contributed by atoms with van der Waals surface area (Å²) in [7, 11) is 0. The van der Waals surface area contributed by atoms with E-state index in [-0.39, 0.29) is 6.10 Å². The lowest BCUT2D eigenvalue weighted by Gasteiger charge is -2.23. The number of benzene rings is 3. The number of hydrogen-bond acceptors (Lipinski definition) is 3. The zero-order valence-electron chi connectivity index (χ0n) is 16.0. The van der Waals surface area contributed by atoms with Crippen LogP contribution in [0.4, 0.5) is 0 Å². The van der Waals surface area contributed by atoms with Crippen LogP contribution in [0.1, 0.15) is 29.9 Å². The number of rotatable bonds is 8. The summed E-state index contributed by atoms with van der Waals surface area (Å²) in [5, 5.41) is 8.13. The van der Waals surface area contributed by atoms with E-state index in [9.17, 15) is 0 Å². The highest BCUT2D eigenvalue weighted by Crippen LogP contribution is 2.33. The molecule has 0 saturated heterocycles. The van der Waals surface area contributed by atoms with Crippen molar-refractivity contribution in [3.8, 4) is 5.75 Å². The summed E-state index contributed by atoms with van der Waals surface area (Å²) in [6.07, 6.45) is 0.945. The number of thiophene rings is 1. The summed E-state index contributed by atoms with van der Waals surface area (Å²) in [6, 6.07) is 29.8. The second-order valence-corrected chi connectivity index (χ2v) is 8.08. The SMILES string of the molecule is CC(CC(Oc1cccc2ccccc12)c1cccs1)NCc1ccccc1. The van der Waals surface area contributed by atoms with Crippen LogP contribution in [0.5, 0.6) is 5.75 Å². The van der Waals surface area contributed by atoms with Crippen molar-refractivity contribution in [2.24, 2.45) is 0 Å². The van der Waals surface area contributed by atoms with Gasteiger partial charge in [0.1, 0.15) is 11.9 Å². The van der Waals surface area contributed by atoms with Gasteiger partial charge in [0.05, 0.1) is 0 Å². The molecule has 28 heavy (non-hydrogen) atoms. The molecule has 3 aromatic carbocycles. The molecule has 0 saturated carbocycles. The van der Waals surface area contributed by atoms with Gasteiger partial charge in [-0.1, -0.05) is 72.8 Å². The lowest BCUT2D eigenvalue weighted by Crippen LogP contribution is -2.28. The maximum Gasteiger partial charge on any atom is 0.134 e. The van der Waals surface area contributed by atoms with Gasteiger partial charge in [0.15, 0.2) is 0 Å². The Morgan fingerprint density at radius 3 is 2.46 bits per heavy atom. The molecule has 4 rings (SSSR count).